The molecule has 2 rings (SSSR count). The van der Waals surface area contributed by atoms with Gasteiger partial charge in [0.05, 0.1) is 6.54 Å². The first-order valence-corrected chi connectivity index (χ1v) is 7.70. The first kappa shape index (κ1) is 15.7. The Morgan fingerprint density at radius 1 is 1.19 bits per heavy atom. The number of hydrogen-bond donors (Lipinski definition) is 2. The number of carbonyl (C=O) groups excluding carboxylic acids is 1. The molecule has 2 N–H and O–H groups in total. The van der Waals surface area contributed by atoms with Gasteiger partial charge in [-0.3, -0.25) is 4.79 Å². The van der Waals surface area contributed by atoms with Crippen molar-refractivity contribution in [2.45, 2.75) is 19.9 Å². The van der Waals surface area contributed by atoms with Gasteiger partial charge in [-0.1, -0.05) is 46.3 Å². The van der Waals surface area contributed by atoms with E-state index in [1.807, 2.05) is 62.4 Å². The van der Waals surface area contributed by atoms with Crippen LogP contribution in [0.1, 0.15) is 24.1 Å². The van der Waals surface area contributed by atoms with Crippen molar-refractivity contribution < 1.29 is 4.79 Å². The van der Waals surface area contributed by atoms with Crippen molar-refractivity contribution in [2.24, 2.45) is 0 Å². The number of rotatable bonds is 5. The molecule has 110 valence electrons. The van der Waals surface area contributed by atoms with Gasteiger partial charge in [0.1, 0.15) is 0 Å². The zero-order valence-electron chi connectivity index (χ0n) is 12.2. The highest BCUT2D eigenvalue weighted by molar-refractivity contribution is 9.10. The lowest BCUT2D eigenvalue weighted by molar-refractivity contribution is -0.115. The molecule has 0 aliphatic rings. The van der Waals surface area contributed by atoms with Gasteiger partial charge in [0.25, 0.3) is 0 Å². The van der Waals surface area contributed by atoms with E-state index in [1.165, 1.54) is 0 Å². The fraction of sp³-hybridized carbons (Fsp3) is 0.235. The van der Waals surface area contributed by atoms with Gasteiger partial charge in [-0.15, -0.1) is 0 Å². The first-order valence-electron chi connectivity index (χ1n) is 6.90. The minimum absolute atomic E-state index is 0.0421. The lowest BCUT2D eigenvalue weighted by atomic mass is 10.1. The molecule has 1 atom stereocenters. The zero-order valence-corrected chi connectivity index (χ0v) is 13.8. The van der Waals surface area contributed by atoms with Gasteiger partial charge in [0, 0.05) is 16.2 Å². The molecule has 0 saturated heterocycles. The van der Waals surface area contributed by atoms with Crippen LogP contribution in [0.3, 0.4) is 0 Å². The number of benzene rings is 2. The average Bonchev–Trinajstić information content (AvgIpc) is 2.45. The Bertz CT molecular complexity index is 628. The highest BCUT2D eigenvalue weighted by Gasteiger charge is 2.10. The van der Waals surface area contributed by atoms with Crippen molar-refractivity contribution in [1.29, 1.82) is 0 Å². The minimum atomic E-state index is -0.0421. The molecule has 2 aromatic carbocycles. The van der Waals surface area contributed by atoms with E-state index in [2.05, 4.69) is 26.6 Å². The molecule has 2 aromatic rings. The van der Waals surface area contributed by atoms with Crippen LogP contribution in [0.5, 0.6) is 0 Å². The molecule has 0 bridgehead atoms. The fourth-order valence-electron chi connectivity index (χ4n) is 2.11. The molecule has 0 spiro atoms. The Balaban J connectivity index is 1.88. The van der Waals surface area contributed by atoms with Gasteiger partial charge < -0.3 is 10.6 Å². The molecule has 0 aliphatic carbocycles. The van der Waals surface area contributed by atoms with Crippen LogP contribution in [0.25, 0.3) is 0 Å². The molecule has 0 radical (unpaired) electrons. The zero-order chi connectivity index (χ0) is 15.2. The van der Waals surface area contributed by atoms with E-state index in [0.29, 0.717) is 0 Å². The topological polar surface area (TPSA) is 41.1 Å². The number of aryl methyl sites for hydroxylation is 1. The van der Waals surface area contributed by atoms with E-state index < -0.39 is 0 Å². The molecule has 1 amide bonds. The Morgan fingerprint density at radius 2 is 1.95 bits per heavy atom. The Labute approximate surface area is 133 Å². The highest BCUT2D eigenvalue weighted by Crippen LogP contribution is 2.22. The summed E-state index contributed by atoms with van der Waals surface area (Å²) >= 11 is 3.53. The predicted octanol–water partition coefficient (Wildman–Crippen LogP) is 4.05. The van der Waals surface area contributed by atoms with E-state index in [4.69, 9.17) is 0 Å². The second-order valence-corrected chi connectivity index (χ2v) is 5.90. The van der Waals surface area contributed by atoms with Crippen molar-refractivity contribution >= 4 is 27.5 Å². The van der Waals surface area contributed by atoms with Crippen LogP contribution < -0.4 is 10.6 Å². The summed E-state index contributed by atoms with van der Waals surface area (Å²) in [5.74, 6) is -0.0421. The molecule has 0 heterocycles. The standard InChI is InChI=1S/C17H19BrN2O/c1-12-6-5-7-14(10-12)20-17(21)11-19-13(2)15-8-3-4-9-16(15)18/h3-10,13,19H,11H2,1-2H3,(H,20,21)/t13-/m1/s1. The third-order valence-corrected chi connectivity index (χ3v) is 3.96. The van der Waals surface area contributed by atoms with Gasteiger partial charge >= 0.3 is 0 Å². The second kappa shape index (κ2) is 7.38. The summed E-state index contributed by atoms with van der Waals surface area (Å²) in [5.41, 5.74) is 3.10. The molecular formula is C17H19BrN2O. The van der Waals surface area contributed by atoms with E-state index in [0.717, 1.165) is 21.3 Å². The number of nitrogens with one attached hydrogen (secondary N) is 2. The van der Waals surface area contributed by atoms with E-state index in [-0.39, 0.29) is 18.5 Å². The van der Waals surface area contributed by atoms with Crippen LogP contribution in [-0.4, -0.2) is 12.5 Å². The van der Waals surface area contributed by atoms with Crippen LogP contribution in [0.4, 0.5) is 5.69 Å². The van der Waals surface area contributed by atoms with Crippen LogP contribution in [0.15, 0.2) is 53.0 Å². The monoisotopic (exact) mass is 346 g/mol. The molecule has 4 heteroatoms. The van der Waals surface area contributed by atoms with Gasteiger partial charge in [-0.2, -0.15) is 0 Å². The summed E-state index contributed by atoms with van der Waals surface area (Å²) in [6, 6.07) is 15.9. The minimum Gasteiger partial charge on any atom is -0.325 e. The maximum Gasteiger partial charge on any atom is 0.238 e. The molecule has 21 heavy (non-hydrogen) atoms. The van der Waals surface area contributed by atoms with E-state index in [1.54, 1.807) is 0 Å². The van der Waals surface area contributed by atoms with Crippen LogP contribution in [0.2, 0.25) is 0 Å². The van der Waals surface area contributed by atoms with Gasteiger partial charge in [0.15, 0.2) is 0 Å². The number of carbonyl (C=O) groups is 1. The summed E-state index contributed by atoms with van der Waals surface area (Å²) in [6.07, 6.45) is 0. The molecular weight excluding hydrogens is 328 g/mol. The number of anilines is 1. The van der Waals surface area contributed by atoms with Crippen molar-refractivity contribution in [3.63, 3.8) is 0 Å². The Kier molecular flexibility index (Phi) is 5.53. The maximum absolute atomic E-state index is 12.0. The third kappa shape index (κ3) is 4.69. The number of halogens is 1. The van der Waals surface area contributed by atoms with Gasteiger partial charge in [-0.25, -0.2) is 0 Å². The van der Waals surface area contributed by atoms with Crippen molar-refractivity contribution in [1.82, 2.24) is 5.32 Å². The quantitative estimate of drug-likeness (QED) is 0.857. The Hall–Kier alpha value is -1.65. The SMILES string of the molecule is Cc1cccc(NC(=O)CN[C@H](C)c2ccccc2Br)c1. The molecule has 3 nitrogen and oxygen atoms in total. The van der Waals surface area contributed by atoms with Crippen molar-refractivity contribution in [2.75, 3.05) is 11.9 Å². The number of amides is 1. The lowest BCUT2D eigenvalue weighted by Gasteiger charge is -2.15. The summed E-state index contributed by atoms with van der Waals surface area (Å²) in [4.78, 5) is 12.0. The normalized spacial score (nSPS) is 12.0. The predicted molar refractivity (Wildman–Crippen MR) is 90.4 cm³/mol. The van der Waals surface area contributed by atoms with Crippen LogP contribution >= 0.6 is 15.9 Å². The van der Waals surface area contributed by atoms with Crippen LogP contribution in [0, 0.1) is 6.92 Å². The van der Waals surface area contributed by atoms with E-state index >= 15 is 0 Å². The lowest BCUT2D eigenvalue weighted by Crippen LogP contribution is -2.30. The Morgan fingerprint density at radius 3 is 2.67 bits per heavy atom. The molecule has 0 aliphatic heterocycles. The second-order valence-electron chi connectivity index (χ2n) is 5.04. The van der Waals surface area contributed by atoms with Crippen molar-refractivity contribution in [3.05, 3.63) is 64.1 Å². The molecule has 0 saturated carbocycles. The molecule has 0 aromatic heterocycles. The summed E-state index contributed by atoms with van der Waals surface area (Å²) in [6.45, 7) is 4.32. The fourth-order valence-corrected chi connectivity index (χ4v) is 2.74. The largest absolute Gasteiger partial charge is 0.325 e. The highest BCUT2D eigenvalue weighted by atomic mass is 79.9. The van der Waals surface area contributed by atoms with Gasteiger partial charge in [-0.05, 0) is 43.2 Å². The van der Waals surface area contributed by atoms with Crippen LogP contribution in [-0.2, 0) is 4.79 Å². The summed E-state index contributed by atoms with van der Waals surface area (Å²) < 4.78 is 1.05. The smallest absolute Gasteiger partial charge is 0.238 e. The number of hydrogen-bond acceptors (Lipinski definition) is 2. The maximum atomic E-state index is 12.0. The molecule has 0 fully saturated rings. The first-order chi connectivity index (χ1) is 10.1. The summed E-state index contributed by atoms with van der Waals surface area (Å²) in [7, 11) is 0. The third-order valence-electron chi connectivity index (χ3n) is 3.24. The van der Waals surface area contributed by atoms with Crippen molar-refractivity contribution in [3.8, 4) is 0 Å². The summed E-state index contributed by atoms with van der Waals surface area (Å²) in [5, 5.41) is 6.12. The van der Waals surface area contributed by atoms with Gasteiger partial charge in [0.2, 0.25) is 5.91 Å². The molecule has 0 unspecified atom stereocenters. The van der Waals surface area contributed by atoms with E-state index in [9.17, 15) is 4.79 Å². The average molecular weight is 347 g/mol.